The zero-order chi connectivity index (χ0) is 12.6. The van der Waals surface area contributed by atoms with Gasteiger partial charge in [-0.1, -0.05) is 18.6 Å². The average molecular weight is 250 g/mol. The maximum atomic E-state index is 5.13. The molecule has 1 aromatic heterocycles. The Hall–Kier alpha value is -1.36. The molecule has 2 atom stereocenters. The molecular weight excluding hydrogens is 232 g/mol. The van der Waals surface area contributed by atoms with Gasteiger partial charge in [-0.15, -0.1) is 0 Å². The third-order valence-corrected chi connectivity index (χ3v) is 3.41. The smallest absolute Gasteiger partial charge is 0.213 e. The van der Waals surface area contributed by atoms with Crippen molar-refractivity contribution in [3.8, 4) is 0 Å². The average Bonchev–Trinajstić information content (AvgIpc) is 2.65. The van der Waals surface area contributed by atoms with Crippen molar-refractivity contribution < 1.29 is 0 Å². The lowest BCUT2D eigenvalue weighted by atomic mass is 9.98. The number of hydrogen-bond donors (Lipinski definition) is 2. The summed E-state index contributed by atoms with van der Waals surface area (Å²) in [5, 5.41) is 6.31. The van der Waals surface area contributed by atoms with E-state index in [0.29, 0.717) is 16.7 Å². The molecule has 92 valence electrons. The highest BCUT2D eigenvalue weighted by Gasteiger charge is 2.20. The van der Waals surface area contributed by atoms with Crippen molar-refractivity contribution in [2.75, 3.05) is 7.05 Å². The molecule has 0 aliphatic carbocycles. The summed E-state index contributed by atoms with van der Waals surface area (Å²) in [7, 11) is 1.90. The summed E-state index contributed by atoms with van der Waals surface area (Å²) in [5.74, 6) is 1.31. The van der Waals surface area contributed by atoms with Crippen LogP contribution in [0, 0.1) is 10.7 Å². The van der Waals surface area contributed by atoms with Gasteiger partial charge in [0, 0.05) is 7.05 Å². The molecule has 0 bridgehead atoms. The van der Waals surface area contributed by atoms with Crippen LogP contribution in [0.5, 0.6) is 0 Å². The molecule has 2 heterocycles. The van der Waals surface area contributed by atoms with E-state index in [1.807, 2.05) is 11.7 Å². The van der Waals surface area contributed by atoms with Gasteiger partial charge in [0.2, 0.25) is 4.77 Å². The Morgan fingerprint density at radius 1 is 1.47 bits per heavy atom. The summed E-state index contributed by atoms with van der Waals surface area (Å²) in [6, 6.07) is 0.307. The molecule has 0 saturated carbocycles. The third-order valence-electron chi connectivity index (χ3n) is 3.23. The Morgan fingerprint density at radius 2 is 2.18 bits per heavy atom. The van der Waals surface area contributed by atoms with Gasteiger partial charge in [0.25, 0.3) is 0 Å². The van der Waals surface area contributed by atoms with Gasteiger partial charge in [-0.3, -0.25) is 9.78 Å². The maximum Gasteiger partial charge on any atom is 0.213 e. The summed E-state index contributed by atoms with van der Waals surface area (Å²) in [5.41, 5.74) is 2.23. The second-order valence-corrected chi connectivity index (χ2v) is 4.93. The molecule has 0 saturated heterocycles. The van der Waals surface area contributed by atoms with Crippen LogP contribution in [0.2, 0.25) is 0 Å². The van der Waals surface area contributed by atoms with Crippen molar-refractivity contribution in [3.63, 3.8) is 0 Å². The minimum absolute atomic E-state index is 0.307. The molecule has 0 spiro atoms. The van der Waals surface area contributed by atoms with E-state index >= 15 is 0 Å². The summed E-state index contributed by atoms with van der Waals surface area (Å²) >= 11 is 5.13. The lowest BCUT2D eigenvalue weighted by Crippen LogP contribution is -2.21. The predicted molar refractivity (Wildman–Crippen MR) is 72.1 cm³/mol. The number of H-pyrrole nitrogens is 1. The highest BCUT2D eigenvalue weighted by Crippen LogP contribution is 2.26. The second kappa shape index (κ2) is 4.49. The standard InChI is InChI=1S/C12H18N4S/c1-7-5-8(2)9(3)16-11(10(6-7)13-4)14-12(17)15-16/h5-6,8-9,13H,1-4H3,(H,15,17)/b7-5-,10-6-. The molecule has 2 N–H and O–H groups in total. The van der Waals surface area contributed by atoms with E-state index in [9.17, 15) is 0 Å². The molecule has 4 nitrogen and oxygen atoms in total. The van der Waals surface area contributed by atoms with Crippen molar-refractivity contribution in [1.82, 2.24) is 20.1 Å². The number of nitrogens with zero attached hydrogens (tertiary/aromatic N) is 2. The first-order valence-corrected chi connectivity index (χ1v) is 6.20. The molecule has 0 aromatic carbocycles. The summed E-state index contributed by atoms with van der Waals surface area (Å²) in [6.07, 6.45) is 4.37. The van der Waals surface area contributed by atoms with Crippen molar-refractivity contribution in [1.29, 1.82) is 0 Å². The van der Waals surface area contributed by atoms with E-state index in [4.69, 9.17) is 12.2 Å². The number of aromatic amines is 1. The Balaban J connectivity index is 2.66. The highest BCUT2D eigenvalue weighted by molar-refractivity contribution is 7.71. The molecular formula is C12H18N4S. The van der Waals surface area contributed by atoms with Gasteiger partial charge in [0.05, 0.1) is 11.7 Å². The molecule has 2 rings (SSSR count). The largest absolute Gasteiger partial charge is 0.385 e. The minimum atomic E-state index is 0.307. The van der Waals surface area contributed by atoms with Crippen LogP contribution in [0.1, 0.15) is 32.6 Å². The molecule has 0 fully saturated rings. The monoisotopic (exact) mass is 250 g/mol. The van der Waals surface area contributed by atoms with Crippen LogP contribution in [-0.4, -0.2) is 21.8 Å². The summed E-state index contributed by atoms with van der Waals surface area (Å²) in [6.45, 7) is 6.48. The van der Waals surface area contributed by atoms with Gasteiger partial charge in [-0.2, -0.15) is 4.98 Å². The van der Waals surface area contributed by atoms with Crippen molar-refractivity contribution in [3.05, 3.63) is 28.3 Å². The van der Waals surface area contributed by atoms with Gasteiger partial charge in [0.15, 0.2) is 5.82 Å². The molecule has 1 aromatic rings. The Kier molecular flexibility index (Phi) is 3.19. The van der Waals surface area contributed by atoms with Crippen LogP contribution < -0.4 is 5.32 Å². The van der Waals surface area contributed by atoms with Crippen LogP contribution in [-0.2, 0) is 0 Å². The van der Waals surface area contributed by atoms with E-state index < -0.39 is 0 Å². The Bertz CT molecular complexity index is 535. The zero-order valence-electron chi connectivity index (χ0n) is 10.6. The van der Waals surface area contributed by atoms with Gasteiger partial charge < -0.3 is 5.32 Å². The van der Waals surface area contributed by atoms with Crippen molar-refractivity contribution >= 4 is 17.9 Å². The van der Waals surface area contributed by atoms with Crippen molar-refractivity contribution in [2.45, 2.75) is 26.8 Å². The molecule has 1 aliphatic rings. The summed E-state index contributed by atoms with van der Waals surface area (Å²) < 4.78 is 2.57. The number of fused-ring (bicyclic) bond motifs is 1. The summed E-state index contributed by atoms with van der Waals surface area (Å²) in [4.78, 5) is 4.39. The van der Waals surface area contributed by atoms with E-state index in [-0.39, 0.29) is 0 Å². The van der Waals surface area contributed by atoms with Crippen molar-refractivity contribution in [2.24, 2.45) is 5.92 Å². The zero-order valence-corrected chi connectivity index (χ0v) is 11.4. The first kappa shape index (κ1) is 12.1. The van der Waals surface area contributed by atoms with Crippen LogP contribution in [0.3, 0.4) is 0 Å². The molecule has 2 unspecified atom stereocenters. The topological polar surface area (TPSA) is 45.6 Å². The lowest BCUT2D eigenvalue weighted by Gasteiger charge is -2.23. The first-order chi connectivity index (χ1) is 8.02. The second-order valence-electron chi connectivity index (χ2n) is 4.54. The van der Waals surface area contributed by atoms with Crippen LogP contribution in [0.4, 0.5) is 0 Å². The van der Waals surface area contributed by atoms with E-state index in [1.54, 1.807) is 0 Å². The number of rotatable bonds is 1. The van der Waals surface area contributed by atoms with E-state index in [1.165, 1.54) is 5.57 Å². The molecule has 0 radical (unpaired) electrons. The van der Waals surface area contributed by atoms with Crippen LogP contribution >= 0.6 is 12.2 Å². The quantitative estimate of drug-likeness (QED) is 0.753. The fraction of sp³-hybridized carbons (Fsp3) is 0.500. The number of aromatic nitrogens is 3. The molecule has 1 aliphatic heterocycles. The van der Waals surface area contributed by atoms with E-state index in [0.717, 1.165) is 11.5 Å². The fourth-order valence-electron chi connectivity index (χ4n) is 2.13. The highest BCUT2D eigenvalue weighted by atomic mass is 32.1. The normalized spacial score (nSPS) is 30.4. The SMILES string of the molecule is CN/C1=C\C(C)=C/C(C)C(C)n2[nH]c(=S)nc21. The molecule has 5 heteroatoms. The van der Waals surface area contributed by atoms with E-state index in [2.05, 4.69) is 48.3 Å². The molecule has 17 heavy (non-hydrogen) atoms. The van der Waals surface area contributed by atoms with Gasteiger partial charge in [-0.05, 0) is 38.1 Å². The minimum Gasteiger partial charge on any atom is -0.385 e. The fourth-order valence-corrected chi connectivity index (χ4v) is 2.31. The third kappa shape index (κ3) is 2.20. The van der Waals surface area contributed by atoms with Crippen LogP contribution in [0.15, 0.2) is 17.7 Å². The number of hydrogen-bond acceptors (Lipinski definition) is 3. The van der Waals surface area contributed by atoms with Gasteiger partial charge in [0.1, 0.15) is 0 Å². The molecule has 0 amide bonds. The van der Waals surface area contributed by atoms with Crippen LogP contribution in [0.25, 0.3) is 5.70 Å². The maximum absolute atomic E-state index is 5.13. The number of nitrogens with one attached hydrogen (secondary N) is 2. The Morgan fingerprint density at radius 3 is 2.82 bits per heavy atom. The first-order valence-electron chi connectivity index (χ1n) is 5.79. The van der Waals surface area contributed by atoms with Gasteiger partial charge >= 0.3 is 0 Å². The predicted octanol–water partition coefficient (Wildman–Crippen LogP) is 2.66. The Labute approximate surface area is 106 Å². The lowest BCUT2D eigenvalue weighted by molar-refractivity contribution is 0.398. The number of allylic oxidation sites excluding steroid dienone is 3. The van der Waals surface area contributed by atoms with Gasteiger partial charge in [-0.25, -0.2) is 0 Å².